The van der Waals surface area contributed by atoms with E-state index in [1.54, 1.807) is 0 Å². The molecule has 1 N–H and O–H groups in total. The number of carbonyl (C=O) groups is 2. The molecule has 0 heterocycles. The third-order valence-electron chi connectivity index (χ3n) is 2.50. The Hall–Kier alpha value is -2.25. The minimum absolute atomic E-state index is 0.385. The Labute approximate surface area is 119 Å². The quantitative estimate of drug-likeness (QED) is 0.842. The van der Waals surface area contributed by atoms with Gasteiger partial charge in [-0.25, -0.2) is 0 Å². The topological polar surface area (TPSA) is 64.6 Å². The summed E-state index contributed by atoms with van der Waals surface area (Å²) in [6.07, 6.45) is -5.78. The Kier molecular flexibility index (Phi) is 5.57. The molecule has 21 heavy (non-hydrogen) atoms. The van der Waals surface area contributed by atoms with Crippen LogP contribution in [0, 0.1) is 0 Å². The van der Waals surface area contributed by atoms with Crippen LogP contribution >= 0.6 is 0 Å². The van der Waals surface area contributed by atoms with Crippen LogP contribution in [-0.2, 0) is 20.5 Å². The third kappa shape index (κ3) is 4.97. The van der Waals surface area contributed by atoms with Crippen molar-refractivity contribution in [2.24, 2.45) is 0 Å². The van der Waals surface area contributed by atoms with Crippen LogP contribution in [0.3, 0.4) is 0 Å². The number of halogens is 3. The highest BCUT2D eigenvalue weighted by atomic mass is 19.4. The number of para-hydroxylation sites is 1. The first-order valence-corrected chi connectivity index (χ1v) is 5.93. The Bertz CT molecular complexity index is 516. The molecule has 1 aromatic carbocycles. The van der Waals surface area contributed by atoms with Crippen molar-refractivity contribution in [3.63, 3.8) is 0 Å². The number of hydrogen-bond acceptors (Lipinski definition) is 4. The van der Waals surface area contributed by atoms with E-state index >= 15 is 0 Å². The van der Waals surface area contributed by atoms with Crippen LogP contribution in [0.25, 0.3) is 0 Å². The number of hydrogen-bond donors (Lipinski definition) is 1. The molecule has 0 radical (unpaired) electrons. The van der Waals surface area contributed by atoms with Crippen LogP contribution < -0.4 is 10.1 Å². The summed E-state index contributed by atoms with van der Waals surface area (Å²) >= 11 is 0. The number of amides is 1. The van der Waals surface area contributed by atoms with Gasteiger partial charge in [0.2, 0.25) is 0 Å². The molecule has 0 aromatic heterocycles. The minimum Gasteiger partial charge on any atom is -0.480 e. The van der Waals surface area contributed by atoms with E-state index in [0.717, 1.165) is 19.2 Å². The Morgan fingerprint density at radius 3 is 2.48 bits per heavy atom. The fraction of sp³-hybridized carbons (Fsp3) is 0.385. The van der Waals surface area contributed by atoms with Crippen LogP contribution in [0.4, 0.5) is 13.2 Å². The third-order valence-corrected chi connectivity index (χ3v) is 2.50. The van der Waals surface area contributed by atoms with Crippen LogP contribution in [0.1, 0.15) is 12.5 Å². The number of nitrogens with one attached hydrogen (secondary N) is 1. The van der Waals surface area contributed by atoms with E-state index in [1.165, 1.54) is 19.1 Å². The lowest BCUT2D eigenvalue weighted by Gasteiger charge is -2.18. The molecule has 0 aliphatic carbocycles. The second kappa shape index (κ2) is 6.96. The van der Waals surface area contributed by atoms with Gasteiger partial charge in [-0.1, -0.05) is 12.1 Å². The van der Waals surface area contributed by atoms with Gasteiger partial charge in [0.05, 0.1) is 12.7 Å². The smallest absolute Gasteiger partial charge is 0.419 e. The number of esters is 1. The number of benzene rings is 1. The van der Waals surface area contributed by atoms with Gasteiger partial charge in [-0.05, 0) is 19.1 Å². The predicted molar refractivity (Wildman–Crippen MR) is 66.6 cm³/mol. The maximum Gasteiger partial charge on any atom is 0.419 e. The van der Waals surface area contributed by atoms with E-state index in [9.17, 15) is 22.8 Å². The molecule has 8 heteroatoms. The molecular weight excluding hydrogens is 291 g/mol. The molecule has 0 saturated carbocycles. The zero-order chi connectivity index (χ0) is 16.0. The maximum atomic E-state index is 12.8. The molecule has 0 fully saturated rings. The number of rotatable bonds is 5. The van der Waals surface area contributed by atoms with E-state index in [2.05, 4.69) is 10.1 Å². The monoisotopic (exact) mass is 305 g/mol. The zero-order valence-corrected chi connectivity index (χ0v) is 11.4. The number of ether oxygens (including phenoxy) is 2. The molecule has 1 atom stereocenters. The molecule has 1 amide bonds. The van der Waals surface area contributed by atoms with Crippen LogP contribution in [0.15, 0.2) is 24.3 Å². The van der Waals surface area contributed by atoms with Gasteiger partial charge in [0.1, 0.15) is 12.3 Å². The summed E-state index contributed by atoms with van der Waals surface area (Å²) in [5.74, 6) is -1.85. The van der Waals surface area contributed by atoms with E-state index in [4.69, 9.17) is 4.74 Å². The van der Waals surface area contributed by atoms with Crippen molar-refractivity contribution in [1.82, 2.24) is 5.32 Å². The van der Waals surface area contributed by atoms with Gasteiger partial charge in [-0.3, -0.25) is 9.59 Å². The second-order valence-electron chi connectivity index (χ2n) is 4.05. The van der Waals surface area contributed by atoms with E-state index in [0.29, 0.717) is 0 Å². The molecule has 0 aliphatic heterocycles. The lowest BCUT2D eigenvalue weighted by molar-refractivity contribution is -0.142. The second-order valence-corrected chi connectivity index (χ2v) is 4.05. The average molecular weight is 305 g/mol. The molecule has 5 nitrogen and oxygen atoms in total. The lowest BCUT2D eigenvalue weighted by atomic mass is 10.2. The summed E-state index contributed by atoms with van der Waals surface area (Å²) < 4.78 is 47.6. The summed E-state index contributed by atoms with van der Waals surface area (Å²) in [5, 5.41) is 2.19. The van der Waals surface area contributed by atoms with Gasteiger partial charge >= 0.3 is 12.1 Å². The molecule has 1 rings (SSSR count). The molecule has 0 unspecified atom stereocenters. The highest BCUT2D eigenvalue weighted by Gasteiger charge is 2.34. The first kappa shape index (κ1) is 16.8. The zero-order valence-electron chi connectivity index (χ0n) is 11.4. The standard InChI is InChI=1S/C13H14F3NO4/c1-8(12(19)17-7-11(18)20-2)21-10-6-4-3-5-9(10)13(14,15)16/h3-6,8H,7H2,1-2H3,(H,17,19)/t8-/m0/s1. The van der Waals surface area contributed by atoms with Crippen molar-refractivity contribution >= 4 is 11.9 Å². The van der Waals surface area contributed by atoms with E-state index in [1.807, 2.05) is 0 Å². The van der Waals surface area contributed by atoms with Gasteiger partial charge in [0.25, 0.3) is 5.91 Å². The summed E-state index contributed by atoms with van der Waals surface area (Å²) in [4.78, 5) is 22.5. The Morgan fingerprint density at radius 2 is 1.90 bits per heavy atom. The molecule has 0 bridgehead atoms. The normalized spacial score (nSPS) is 12.4. The van der Waals surface area contributed by atoms with Crippen molar-refractivity contribution in [3.8, 4) is 5.75 Å². The largest absolute Gasteiger partial charge is 0.480 e. The van der Waals surface area contributed by atoms with Gasteiger partial charge in [-0.2, -0.15) is 13.2 Å². The van der Waals surface area contributed by atoms with Crippen LogP contribution in [0.5, 0.6) is 5.75 Å². The molecule has 1 aromatic rings. The molecule has 0 spiro atoms. The van der Waals surface area contributed by atoms with Crippen LogP contribution in [-0.4, -0.2) is 31.6 Å². The SMILES string of the molecule is COC(=O)CNC(=O)[C@H](C)Oc1ccccc1C(F)(F)F. The summed E-state index contributed by atoms with van der Waals surface area (Å²) in [6.45, 7) is 0.893. The average Bonchev–Trinajstić information content (AvgIpc) is 2.43. The van der Waals surface area contributed by atoms with Gasteiger partial charge in [0, 0.05) is 0 Å². The first-order chi connectivity index (χ1) is 9.75. The molecule has 116 valence electrons. The van der Waals surface area contributed by atoms with E-state index < -0.39 is 35.5 Å². The van der Waals surface area contributed by atoms with Crippen LogP contribution in [0.2, 0.25) is 0 Å². The Morgan fingerprint density at radius 1 is 1.29 bits per heavy atom. The number of carbonyl (C=O) groups excluding carboxylic acids is 2. The highest BCUT2D eigenvalue weighted by molar-refractivity contribution is 5.84. The Balaban J connectivity index is 2.73. The van der Waals surface area contributed by atoms with Crippen molar-refractivity contribution in [1.29, 1.82) is 0 Å². The van der Waals surface area contributed by atoms with Crippen molar-refractivity contribution in [2.45, 2.75) is 19.2 Å². The maximum absolute atomic E-state index is 12.8. The molecule has 0 saturated heterocycles. The number of methoxy groups -OCH3 is 1. The van der Waals surface area contributed by atoms with Crippen molar-refractivity contribution in [3.05, 3.63) is 29.8 Å². The fourth-order valence-electron chi connectivity index (χ4n) is 1.42. The minimum atomic E-state index is -4.58. The highest BCUT2D eigenvalue weighted by Crippen LogP contribution is 2.36. The van der Waals surface area contributed by atoms with Gasteiger partial charge < -0.3 is 14.8 Å². The van der Waals surface area contributed by atoms with Crippen molar-refractivity contribution < 1.29 is 32.2 Å². The van der Waals surface area contributed by atoms with Crippen molar-refractivity contribution in [2.75, 3.05) is 13.7 Å². The van der Waals surface area contributed by atoms with Gasteiger partial charge in [0.15, 0.2) is 6.10 Å². The fourth-order valence-corrected chi connectivity index (χ4v) is 1.42. The number of alkyl halides is 3. The molecular formula is C13H14F3NO4. The first-order valence-electron chi connectivity index (χ1n) is 5.93. The summed E-state index contributed by atoms with van der Waals surface area (Å²) in [7, 11) is 1.15. The summed E-state index contributed by atoms with van der Waals surface area (Å²) in [6, 6.07) is 4.56. The lowest BCUT2D eigenvalue weighted by Crippen LogP contribution is -2.39. The summed E-state index contributed by atoms with van der Waals surface area (Å²) in [5.41, 5.74) is -0.974. The predicted octanol–water partition coefficient (Wildman–Crippen LogP) is 1.76. The van der Waals surface area contributed by atoms with Gasteiger partial charge in [-0.15, -0.1) is 0 Å². The van der Waals surface area contributed by atoms with E-state index in [-0.39, 0.29) is 6.54 Å². The molecule has 0 aliphatic rings.